The molecule has 0 spiro atoms. The Bertz CT molecular complexity index is 851. The third-order valence-corrected chi connectivity index (χ3v) is 6.13. The van der Waals surface area contributed by atoms with Crippen molar-refractivity contribution >= 4 is 23.2 Å². The molecule has 0 fully saturated rings. The van der Waals surface area contributed by atoms with E-state index in [4.69, 9.17) is 9.47 Å². The number of benzene rings is 1. The lowest BCUT2D eigenvalue weighted by Gasteiger charge is -2.37. The summed E-state index contributed by atoms with van der Waals surface area (Å²) in [6.45, 7) is 5.21. The van der Waals surface area contributed by atoms with Gasteiger partial charge in [-0.25, -0.2) is 0 Å². The van der Waals surface area contributed by atoms with Crippen LogP contribution in [0.5, 0.6) is 11.5 Å². The van der Waals surface area contributed by atoms with Crippen LogP contribution in [0.15, 0.2) is 35.7 Å². The predicted molar refractivity (Wildman–Crippen MR) is 114 cm³/mol. The van der Waals surface area contributed by atoms with Gasteiger partial charge in [-0.2, -0.15) is 0 Å². The second kappa shape index (κ2) is 9.78. The molecule has 1 aliphatic rings. The molecule has 0 N–H and O–H groups in total. The Balaban J connectivity index is 1.76. The molecule has 0 saturated carbocycles. The lowest BCUT2D eigenvalue weighted by molar-refractivity contribution is -0.141. The van der Waals surface area contributed by atoms with Crippen LogP contribution >= 0.6 is 11.3 Å². The molecule has 2 amide bonds. The minimum Gasteiger partial charge on any atom is -0.497 e. The largest absolute Gasteiger partial charge is 0.497 e. The van der Waals surface area contributed by atoms with Gasteiger partial charge in [-0.3, -0.25) is 9.59 Å². The van der Waals surface area contributed by atoms with Crippen LogP contribution in [0.3, 0.4) is 0 Å². The molecule has 3 rings (SSSR count). The van der Waals surface area contributed by atoms with Gasteiger partial charge in [-0.05, 0) is 42.0 Å². The number of carbonyl (C=O) groups is 2. The van der Waals surface area contributed by atoms with Crippen molar-refractivity contribution in [3.8, 4) is 11.5 Å². The summed E-state index contributed by atoms with van der Waals surface area (Å²) >= 11 is 1.72. The summed E-state index contributed by atoms with van der Waals surface area (Å²) in [5.74, 6) is 1.32. The highest BCUT2D eigenvalue weighted by Gasteiger charge is 2.33. The molecule has 0 bridgehead atoms. The fraction of sp³-hybridized carbons (Fsp3) is 0.455. The molecular formula is C22H28N2O4S. The first-order valence-electron chi connectivity index (χ1n) is 9.91. The highest BCUT2D eigenvalue weighted by molar-refractivity contribution is 7.10. The summed E-state index contributed by atoms with van der Waals surface area (Å²) in [7, 11) is 1.62. The maximum absolute atomic E-state index is 13.1. The van der Waals surface area contributed by atoms with E-state index in [-0.39, 0.29) is 24.4 Å². The van der Waals surface area contributed by atoms with E-state index < -0.39 is 0 Å². The Kier molecular flexibility index (Phi) is 7.14. The van der Waals surface area contributed by atoms with Crippen molar-refractivity contribution in [3.63, 3.8) is 0 Å². The van der Waals surface area contributed by atoms with Gasteiger partial charge in [0, 0.05) is 31.0 Å². The first kappa shape index (κ1) is 21.2. The molecule has 29 heavy (non-hydrogen) atoms. The predicted octanol–water partition coefficient (Wildman–Crippen LogP) is 3.52. The monoisotopic (exact) mass is 416 g/mol. The van der Waals surface area contributed by atoms with Crippen LogP contribution in [0.25, 0.3) is 0 Å². The van der Waals surface area contributed by atoms with E-state index in [9.17, 15) is 9.59 Å². The van der Waals surface area contributed by atoms with Gasteiger partial charge in [0.25, 0.3) is 0 Å². The minimum absolute atomic E-state index is 0.0373. The van der Waals surface area contributed by atoms with Crippen molar-refractivity contribution in [1.82, 2.24) is 9.80 Å². The maximum Gasteiger partial charge on any atom is 0.242 e. The van der Waals surface area contributed by atoms with Crippen LogP contribution in [-0.2, 0) is 16.0 Å². The lowest BCUT2D eigenvalue weighted by Crippen LogP contribution is -2.47. The van der Waals surface area contributed by atoms with Crippen LogP contribution in [0.2, 0.25) is 0 Å². The number of ether oxygens (including phenoxy) is 2. The zero-order chi connectivity index (χ0) is 20.8. The van der Waals surface area contributed by atoms with Gasteiger partial charge in [0.1, 0.15) is 18.1 Å². The second-order valence-electron chi connectivity index (χ2n) is 7.08. The number of fused-ring (bicyclic) bond motifs is 1. The summed E-state index contributed by atoms with van der Waals surface area (Å²) in [5, 5.41) is 2.07. The molecule has 0 saturated heterocycles. The molecule has 0 aliphatic carbocycles. The highest BCUT2D eigenvalue weighted by atomic mass is 32.1. The smallest absolute Gasteiger partial charge is 0.242 e. The fourth-order valence-electron chi connectivity index (χ4n) is 3.61. The zero-order valence-corrected chi connectivity index (χ0v) is 18.0. The molecule has 1 unspecified atom stereocenters. The average Bonchev–Trinajstić information content (AvgIpc) is 3.20. The summed E-state index contributed by atoms with van der Waals surface area (Å²) in [6.07, 6.45) is 1.66. The number of hydrogen-bond acceptors (Lipinski definition) is 5. The van der Waals surface area contributed by atoms with Crippen LogP contribution in [0.1, 0.15) is 36.8 Å². The summed E-state index contributed by atoms with van der Waals surface area (Å²) in [5.41, 5.74) is 1.14. The van der Waals surface area contributed by atoms with Gasteiger partial charge < -0.3 is 19.3 Å². The first-order valence-corrected chi connectivity index (χ1v) is 10.8. The minimum atomic E-state index is -0.167. The van der Waals surface area contributed by atoms with Crippen molar-refractivity contribution < 1.29 is 19.1 Å². The van der Waals surface area contributed by atoms with E-state index >= 15 is 0 Å². The van der Waals surface area contributed by atoms with Gasteiger partial charge in [-0.15, -0.1) is 11.3 Å². The van der Waals surface area contributed by atoms with Crippen molar-refractivity contribution in [2.24, 2.45) is 0 Å². The zero-order valence-electron chi connectivity index (χ0n) is 17.2. The third kappa shape index (κ3) is 5.09. The normalized spacial score (nSPS) is 15.6. The van der Waals surface area contributed by atoms with E-state index in [1.165, 1.54) is 11.8 Å². The molecule has 1 atom stereocenters. The summed E-state index contributed by atoms with van der Waals surface area (Å²) < 4.78 is 11.3. The van der Waals surface area contributed by atoms with E-state index in [1.807, 2.05) is 36.1 Å². The number of amides is 2. The quantitative estimate of drug-likeness (QED) is 0.661. The van der Waals surface area contributed by atoms with Crippen LogP contribution in [-0.4, -0.2) is 55.0 Å². The fourth-order valence-corrected chi connectivity index (χ4v) is 4.54. The van der Waals surface area contributed by atoms with Crippen LogP contribution < -0.4 is 9.47 Å². The standard InChI is InChI=1S/C22H28N2O4S/c1-4-10-23(16(2)25)14-22(26)24-11-8-21-19(9-12-29-21)20(24)15-28-18-7-5-6-17(13-18)27-3/h5-7,9,12-13,20H,4,8,10-11,14-15H2,1-3H3. The molecule has 1 aromatic carbocycles. The van der Waals surface area contributed by atoms with E-state index in [1.54, 1.807) is 23.3 Å². The van der Waals surface area contributed by atoms with Crippen molar-refractivity contribution in [3.05, 3.63) is 46.2 Å². The molecular weight excluding hydrogens is 388 g/mol. The topological polar surface area (TPSA) is 59.1 Å². The SMILES string of the molecule is CCCN(CC(=O)N1CCc2sccc2C1COc1cccc(OC)c1)C(C)=O. The first-order chi connectivity index (χ1) is 14.0. The van der Waals surface area contributed by atoms with Gasteiger partial charge in [0.05, 0.1) is 19.7 Å². The molecule has 6 nitrogen and oxygen atoms in total. The lowest BCUT2D eigenvalue weighted by atomic mass is 10.0. The molecule has 1 aliphatic heterocycles. The third-order valence-electron chi connectivity index (χ3n) is 5.13. The van der Waals surface area contributed by atoms with E-state index in [0.29, 0.717) is 25.4 Å². The summed E-state index contributed by atoms with van der Waals surface area (Å²) in [4.78, 5) is 29.8. The number of nitrogens with zero attached hydrogens (tertiary/aromatic N) is 2. The van der Waals surface area contributed by atoms with E-state index in [2.05, 4.69) is 11.4 Å². The summed E-state index contributed by atoms with van der Waals surface area (Å²) in [6, 6.07) is 9.37. The van der Waals surface area contributed by atoms with Gasteiger partial charge >= 0.3 is 0 Å². The van der Waals surface area contributed by atoms with Crippen LogP contribution in [0, 0.1) is 0 Å². The second-order valence-corrected chi connectivity index (χ2v) is 8.08. The average molecular weight is 417 g/mol. The molecule has 7 heteroatoms. The Morgan fingerprint density at radius 3 is 2.79 bits per heavy atom. The molecule has 0 radical (unpaired) electrons. The molecule has 2 heterocycles. The van der Waals surface area contributed by atoms with Crippen LogP contribution in [0.4, 0.5) is 0 Å². The highest BCUT2D eigenvalue weighted by Crippen LogP contribution is 2.34. The Morgan fingerprint density at radius 2 is 2.07 bits per heavy atom. The number of thiophene rings is 1. The molecule has 156 valence electrons. The van der Waals surface area contributed by atoms with Crippen molar-refractivity contribution in [2.45, 2.75) is 32.7 Å². The Labute approximate surface area is 176 Å². The number of rotatable bonds is 8. The Hall–Kier alpha value is -2.54. The van der Waals surface area contributed by atoms with Gasteiger partial charge in [-0.1, -0.05) is 13.0 Å². The number of methoxy groups -OCH3 is 1. The van der Waals surface area contributed by atoms with Gasteiger partial charge in [0.2, 0.25) is 11.8 Å². The maximum atomic E-state index is 13.1. The molecule has 1 aromatic heterocycles. The number of carbonyl (C=O) groups excluding carboxylic acids is 2. The van der Waals surface area contributed by atoms with Crippen molar-refractivity contribution in [1.29, 1.82) is 0 Å². The van der Waals surface area contributed by atoms with E-state index in [0.717, 1.165) is 24.2 Å². The van der Waals surface area contributed by atoms with Crippen molar-refractivity contribution in [2.75, 3.05) is 33.4 Å². The Morgan fingerprint density at radius 1 is 1.28 bits per heavy atom. The number of hydrogen-bond donors (Lipinski definition) is 0. The molecule has 2 aromatic rings. The van der Waals surface area contributed by atoms with Gasteiger partial charge in [0.15, 0.2) is 0 Å².